The number of nitrogens with two attached hydrogens (primary N) is 1. The van der Waals surface area contributed by atoms with Gasteiger partial charge in [0, 0.05) is 18.0 Å². The zero-order valence-electron chi connectivity index (χ0n) is 13.8. The summed E-state index contributed by atoms with van der Waals surface area (Å²) in [4.78, 5) is 29.4. The molecule has 1 amide bonds. The summed E-state index contributed by atoms with van der Waals surface area (Å²) >= 11 is 0. The summed E-state index contributed by atoms with van der Waals surface area (Å²) in [6, 6.07) is 7.39. The molecule has 0 fully saturated rings. The van der Waals surface area contributed by atoms with Crippen LogP contribution in [0.3, 0.4) is 0 Å². The largest absolute Gasteiger partial charge is 0.383 e. The van der Waals surface area contributed by atoms with Crippen molar-refractivity contribution in [1.29, 1.82) is 0 Å². The van der Waals surface area contributed by atoms with Gasteiger partial charge in [0.05, 0.1) is 17.0 Å². The SMILES string of the molecule is Nc1ncnc2c1CC(=O)N2c1ccc(S(=O)(=O)Nc2ncccn2)cc1. The number of aromatic nitrogens is 4. The average Bonchev–Trinajstić information content (AvgIpc) is 3.00. The van der Waals surface area contributed by atoms with Crippen LogP contribution in [0.2, 0.25) is 0 Å². The molecule has 0 unspecified atom stereocenters. The van der Waals surface area contributed by atoms with Gasteiger partial charge in [0.15, 0.2) is 0 Å². The van der Waals surface area contributed by atoms with Crippen molar-refractivity contribution in [2.45, 2.75) is 11.3 Å². The lowest BCUT2D eigenvalue weighted by molar-refractivity contribution is -0.116. The van der Waals surface area contributed by atoms with Crippen LogP contribution in [0, 0.1) is 0 Å². The molecule has 1 aliphatic heterocycles. The number of nitrogens with one attached hydrogen (secondary N) is 1. The number of benzene rings is 1. The normalized spacial score (nSPS) is 13.5. The van der Waals surface area contributed by atoms with E-state index in [9.17, 15) is 13.2 Å². The molecule has 11 heteroatoms. The number of carbonyl (C=O) groups is 1. The molecule has 0 atom stereocenters. The molecule has 0 bridgehead atoms. The first-order valence-electron chi connectivity index (χ1n) is 7.78. The van der Waals surface area contributed by atoms with E-state index in [2.05, 4.69) is 24.7 Å². The van der Waals surface area contributed by atoms with Gasteiger partial charge in [0.1, 0.15) is 18.0 Å². The van der Waals surface area contributed by atoms with Gasteiger partial charge in [-0.3, -0.25) is 9.69 Å². The second-order valence-electron chi connectivity index (χ2n) is 5.64. The Morgan fingerprint density at radius 1 is 1.04 bits per heavy atom. The molecule has 10 nitrogen and oxygen atoms in total. The van der Waals surface area contributed by atoms with Crippen molar-refractivity contribution in [3.05, 3.63) is 54.6 Å². The fourth-order valence-corrected chi connectivity index (χ4v) is 3.66. The molecule has 3 heterocycles. The van der Waals surface area contributed by atoms with Crippen LogP contribution in [0.15, 0.2) is 53.9 Å². The highest BCUT2D eigenvalue weighted by molar-refractivity contribution is 7.92. The standard InChI is InChI=1S/C16H13N7O3S/c17-14-12-8-13(24)23(15(12)21-9-20-14)10-2-4-11(5-3-10)27(25,26)22-16-18-6-1-7-19-16/h1-7,9H,8H2,(H2,17,20,21)(H,18,19,22). The monoisotopic (exact) mass is 383 g/mol. The minimum absolute atomic E-state index is 0.00720. The summed E-state index contributed by atoms with van der Waals surface area (Å²) in [5, 5.41) is 0. The number of amides is 1. The lowest BCUT2D eigenvalue weighted by Gasteiger charge is -2.17. The summed E-state index contributed by atoms with van der Waals surface area (Å²) in [7, 11) is -3.86. The van der Waals surface area contributed by atoms with Crippen molar-refractivity contribution in [2.24, 2.45) is 0 Å². The van der Waals surface area contributed by atoms with Crippen molar-refractivity contribution >= 4 is 39.2 Å². The van der Waals surface area contributed by atoms with Crippen LogP contribution < -0.4 is 15.4 Å². The number of nitrogens with zero attached hydrogens (tertiary/aromatic N) is 5. The second-order valence-corrected chi connectivity index (χ2v) is 7.32. The molecule has 0 aliphatic carbocycles. The molecule has 1 aromatic carbocycles. The van der Waals surface area contributed by atoms with Crippen LogP contribution in [0.4, 0.5) is 23.3 Å². The fraction of sp³-hybridized carbons (Fsp3) is 0.0625. The van der Waals surface area contributed by atoms with Crippen LogP contribution in [-0.4, -0.2) is 34.3 Å². The number of rotatable bonds is 4. The van der Waals surface area contributed by atoms with E-state index in [-0.39, 0.29) is 29.0 Å². The third kappa shape index (κ3) is 3.04. The highest BCUT2D eigenvalue weighted by Gasteiger charge is 2.32. The predicted molar refractivity (Wildman–Crippen MR) is 96.6 cm³/mol. The number of fused-ring (bicyclic) bond motifs is 1. The summed E-state index contributed by atoms with van der Waals surface area (Å²) in [5.74, 6) is 0.405. The third-order valence-electron chi connectivity index (χ3n) is 3.94. The maximum atomic E-state index is 12.4. The Hall–Kier alpha value is -3.60. The van der Waals surface area contributed by atoms with Gasteiger partial charge in [-0.15, -0.1) is 0 Å². The molecular formula is C16H13N7O3S. The highest BCUT2D eigenvalue weighted by atomic mass is 32.2. The quantitative estimate of drug-likeness (QED) is 0.675. The summed E-state index contributed by atoms with van der Waals surface area (Å²) < 4.78 is 27.2. The fourth-order valence-electron chi connectivity index (χ4n) is 2.70. The molecule has 27 heavy (non-hydrogen) atoms. The topological polar surface area (TPSA) is 144 Å². The van der Waals surface area contributed by atoms with Crippen molar-refractivity contribution in [1.82, 2.24) is 19.9 Å². The third-order valence-corrected chi connectivity index (χ3v) is 5.29. The lowest BCUT2D eigenvalue weighted by Crippen LogP contribution is -2.21. The molecule has 0 spiro atoms. The maximum absolute atomic E-state index is 12.4. The molecular weight excluding hydrogens is 370 g/mol. The smallest absolute Gasteiger partial charge is 0.264 e. The summed E-state index contributed by atoms with van der Waals surface area (Å²) in [6.07, 6.45) is 4.23. The van der Waals surface area contributed by atoms with Crippen molar-refractivity contribution in [2.75, 3.05) is 15.4 Å². The van der Waals surface area contributed by atoms with E-state index in [1.165, 1.54) is 47.9 Å². The molecule has 3 N–H and O–H groups in total. The molecule has 0 saturated heterocycles. The Balaban J connectivity index is 1.64. The Bertz CT molecular complexity index is 1120. The van der Waals surface area contributed by atoms with Gasteiger partial charge in [0.2, 0.25) is 11.9 Å². The Morgan fingerprint density at radius 3 is 2.44 bits per heavy atom. The van der Waals surface area contributed by atoms with E-state index in [1.807, 2.05) is 0 Å². The second kappa shape index (κ2) is 6.29. The zero-order valence-corrected chi connectivity index (χ0v) is 14.6. The Labute approximate surface area is 154 Å². The molecule has 4 rings (SSSR count). The van der Waals surface area contributed by atoms with Crippen LogP contribution in [-0.2, 0) is 21.2 Å². The number of sulfonamides is 1. The van der Waals surface area contributed by atoms with Crippen molar-refractivity contribution in [3.8, 4) is 0 Å². The van der Waals surface area contributed by atoms with Crippen LogP contribution in [0.5, 0.6) is 0 Å². The van der Waals surface area contributed by atoms with Gasteiger partial charge in [-0.2, -0.15) is 0 Å². The van der Waals surface area contributed by atoms with Crippen molar-refractivity contribution in [3.63, 3.8) is 0 Å². The maximum Gasteiger partial charge on any atom is 0.264 e. The van der Waals surface area contributed by atoms with Crippen molar-refractivity contribution < 1.29 is 13.2 Å². The van der Waals surface area contributed by atoms with Gasteiger partial charge in [-0.05, 0) is 30.3 Å². The minimum Gasteiger partial charge on any atom is -0.383 e. The first-order valence-corrected chi connectivity index (χ1v) is 9.26. The van der Waals surface area contributed by atoms with Crippen LogP contribution in [0.1, 0.15) is 5.56 Å². The Kier molecular flexibility index (Phi) is 3.92. The van der Waals surface area contributed by atoms with E-state index in [4.69, 9.17) is 5.73 Å². The van der Waals surface area contributed by atoms with Crippen LogP contribution >= 0.6 is 0 Å². The highest BCUT2D eigenvalue weighted by Crippen LogP contribution is 2.35. The first kappa shape index (κ1) is 16.8. The summed E-state index contributed by atoms with van der Waals surface area (Å²) in [6.45, 7) is 0. The molecule has 136 valence electrons. The number of hydrogen-bond donors (Lipinski definition) is 2. The minimum atomic E-state index is -3.86. The molecule has 3 aromatic rings. The Morgan fingerprint density at radius 2 is 1.74 bits per heavy atom. The molecule has 1 aliphatic rings. The van der Waals surface area contributed by atoms with Gasteiger partial charge in [-0.1, -0.05) is 0 Å². The number of anilines is 4. The molecule has 0 radical (unpaired) electrons. The van der Waals surface area contributed by atoms with Gasteiger partial charge < -0.3 is 5.73 Å². The van der Waals surface area contributed by atoms with E-state index >= 15 is 0 Å². The van der Waals surface area contributed by atoms with E-state index in [1.54, 1.807) is 6.07 Å². The van der Waals surface area contributed by atoms with Gasteiger partial charge in [0.25, 0.3) is 10.0 Å². The number of carbonyl (C=O) groups excluding carboxylic acids is 1. The summed E-state index contributed by atoms with van der Waals surface area (Å²) in [5.41, 5.74) is 6.84. The van der Waals surface area contributed by atoms with Gasteiger partial charge in [-0.25, -0.2) is 33.1 Å². The molecule has 2 aromatic heterocycles. The zero-order chi connectivity index (χ0) is 19.0. The van der Waals surface area contributed by atoms with Gasteiger partial charge >= 0.3 is 0 Å². The van der Waals surface area contributed by atoms with E-state index in [0.29, 0.717) is 17.1 Å². The first-order chi connectivity index (χ1) is 13.0. The predicted octanol–water partition coefficient (Wildman–Crippen LogP) is 0.870. The number of hydrogen-bond acceptors (Lipinski definition) is 8. The lowest BCUT2D eigenvalue weighted by atomic mass is 10.2. The average molecular weight is 383 g/mol. The van der Waals surface area contributed by atoms with E-state index < -0.39 is 10.0 Å². The van der Waals surface area contributed by atoms with Crippen LogP contribution in [0.25, 0.3) is 0 Å². The number of nitrogen functional groups attached to an aromatic ring is 1. The van der Waals surface area contributed by atoms with E-state index in [0.717, 1.165) is 0 Å². The molecule has 0 saturated carbocycles.